The van der Waals surface area contributed by atoms with E-state index in [0.29, 0.717) is 23.1 Å². The average molecular weight is 504 g/mol. The van der Waals surface area contributed by atoms with Gasteiger partial charge in [0.25, 0.3) is 11.9 Å². The van der Waals surface area contributed by atoms with E-state index in [4.69, 9.17) is 33.3 Å². The third kappa shape index (κ3) is 4.89. The normalized spacial score (nSPS) is 18.3. The number of amides is 1. The minimum atomic E-state index is -4.62. The van der Waals surface area contributed by atoms with Crippen molar-refractivity contribution >= 4 is 52.8 Å². The Hall–Kier alpha value is -2.23. The Kier molecular flexibility index (Phi) is 7.12. The minimum Gasteiger partial charge on any atom is -0.465 e. The number of alkyl halides is 3. The Labute approximate surface area is 197 Å². The number of aryl methyl sites for hydroxylation is 1. The van der Waals surface area contributed by atoms with Crippen LogP contribution in [0.2, 0.25) is 10.0 Å². The maximum absolute atomic E-state index is 14.2. The quantitative estimate of drug-likeness (QED) is 0.292. The zero-order valence-corrected chi connectivity index (χ0v) is 19.3. The first kappa shape index (κ1) is 24.4. The van der Waals surface area contributed by atoms with Crippen LogP contribution in [0, 0.1) is 12.3 Å². The van der Waals surface area contributed by atoms with Crippen LogP contribution in [0.3, 0.4) is 0 Å². The molecule has 0 radical (unpaired) electrons. The molecular formula is C21H18Cl2F3N3O2S. The molecule has 1 atom stereocenters. The molecule has 1 aliphatic rings. The molecule has 1 amide bonds. The number of benzene rings is 2. The fourth-order valence-corrected chi connectivity index (χ4v) is 4.78. The molecule has 0 fully saturated rings. The number of ether oxygens (including phenoxy) is 1. The highest BCUT2D eigenvalue weighted by molar-refractivity contribution is 7.99. The summed E-state index contributed by atoms with van der Waals surface area (Å²) in [6.07, 6.45) is -5.04. The van der Waals surface area contributed by atoms with Gasteiger partial charge in [0, 0.05) is 22.0 Å². The van der Waals surface area contributed by atoms with Crippen LogP contribution in [0.1, 0.15) is 40.4 Å². The van der Waals surface area contributed by atoms with Crippen molar-refractivity contribution in [1.29, 1.82) is 5.41 Å². The number of hydrogen-bond acceptors (Lipinski definition) is 5. The zero-order valence-electron chi connectivity index (χ0n) is 16.9. The summed E-state index contributed by atoms with van der Waals surface area (Å²) >= 11 is 12.3. The highest BCUT2D eigenvalue weighted by Crippen LogP contribution is 2.57. The van der Waals surface area contributed by atoms with Gasteiger partial charge in [-0.05, 0) is 72.8 Å². The second-order valence-corrected chi connectivity index (χ2v) is 8.97. The first-order valence-electron chi connectivity index (χ1n) is 9.39. The van der Waals surface area contributed by atoms with Crippen molar-refractivity contribution in [2.75, 3.05) is 6.61 Å². The van der Waals surface area contributed by atoms with Gasteiger partial charge < -0.3 is 4.74 Å². The van der Waals surface area contributed by atoms with E-state index in [1.54, 1.807) is 19.9 Å². The number of halogens is 5. The van der Waals surface area contributed by atoms with Gasteiger partial charge in [-0.15, -0.1) is 0 Å². The fraction of sp³-hybridized carbons (Fsp3) is 0.286. The Balaban J connectivity index is 1.89. The second kappa shape index (κ2) is 9.33. The first-order valence-corrected chi connectivity index (χ1v) is 10.9. The summed E-state index contributed by atoms with van der Waals surface area (Å²) in [4.78, 5) is 12.3. The van der Waals surface area contributed by atoms with Gasteiger partial charge in [-0.1, -0.05) is 29.3 Å². The monoisotopic (exact) mass is 503 g/mol. The standard InChI is InChI=1S/C21H18Cl2F3N3O2S/c1-3-31-19(27)28-18(30)16-5-4-12(6-11(16)2)17-10-20(32-29-17,21(24,25)26)13-7-14(22)9-15(23)8-13/h4-9H,3,10H2,1-2H3,(H2,27,28,30). The Bertz CT molecular complexity index is 1090. The summed E-state index contributed by atoms with van der Waals surface area (Å²) in [5, 5.41) is 10.0. The lowest BCUT2D eigenvalue weighted by Gasteiger charge is -2.30. The minimum absolute atomic E-state index is 0.0755. The Morgan fingerprint density at radius 2 is 1.91 bits per heavy atom. The van der Waals surface area contributed by atoms with E-state index in [2.05, 4.69) is 9.71 Å². The van der Waals surface area contributed by atoms with Gasteiger partial charge in [-0.3, -0.25) is 15.5 Å². The summed E-state index contributed by atoms with van der Waals surface area (Å²) in [5.41, 5.74) is 1.42. The molecule has 11 heteroatoms. The molecule has 3 rings (SSSR count). The van der Waals surface area contributed by atoms with Crippen LogP contribution in [0.4, 0.5) is 13.2 Å². The lowest BCUT2D eigenvalue weighted by molar-refractivity contribution is -0.159. The largest absolute Gasteiger partial charge is 0.465 e. The number of nitrogens with zero attached hydrogens (tertiary/aromatic N) is 1. The Morgan fingerprint density at radius 3 is 2.47 bits per heavy atom. The lowest BCUT2D eigenvalue weighted by Crippen LogP contribution is -2.38. The van der Waals surface area contributed by atoms with Gasteiger partial charge in [-0.2, -0.15) is 13.2 Å². The van der Waals surface area contributed by atoms with Crippen LogP contribution in [-0.4, -0.2) is 30.4 Å². The maximum atomic E-state index is 14.2. The van der Waals surface area contributed by atoms with E-state index in [0.717, 1.165) is 0 Å². The molecule has 1 unspecified atom stereocenters. The van der Waals surface area contributed by atoms with E-state index in [1.165, 1.54) is 30.3 Å². The number of amidine groups is 1. The first-order chi connectivity index (χ1) is 15.0. The molecule has 1 aliphatic heterocycles. The number of carbonyl (C=O) groups excluding carboxylic acids is 1. The van der Waals surface area contributed by atoms with E-state index in [1.807, 2.05) is 0 Å². The summed E-state index contributed by atoms with van der Waals surface area (Å²) in [6.45, 7) is 3.56. The zero-order chi connectivity index (χ0) is 23.7. The molecule has 0 aromatic heterocycles. The van der Waals surface area contributed by atoms with E-state index >= 15 is 0 Å². The molecule has 1 heterocycles. The second-order valence-electron chi connectivity index (χ2n) is 7.03. The third-order valence-corrected chi connectivity index (χ3v) is 6.51. The van der Waals surface area contributed by atoms with Crippen LogP contribution in [0.15, 0.2) is 40.8 Å². The highest BCUT2D eigenvalue weighted by Gasteiger charge is 2.60. The van der Waals surface area contributed by atoms with Crippen LogP contribution < -0.4 is 5.32 Å². The lowest BCUT2D eigenvalue weighted by atomic mass is 9.89. The highest BCUT2D eigenvalue weighted by atomic mass is 35.5. The van der Waals surface area contributed by atoms with E-state index in [-0.39, 0.29) is 39.5 Å². The van der Waals surface area contributed by atoms with Crippen molar-refractivity contribution < 1.29 is 22.7 Å². The third-order valence-electron chi connectivity index (χ3n) is 4.83. The van der Waals surface area contributed by atoms with Gasteiger partial charge in [-0.25, -0.2) is 4.40 Å². The number of carbonyl (C=O) groups is 1. The average Bonchev–Trinajstić information content (AvgIpc) is 3.14. The molecule has 0 aliphatic carbocycles. The summed E-state index contributed by atoms with van der Waals surface area (Å²) in [7, 11) is 0. The molecule has 2 N–H and O–H groups in total. The van der Waals surface area contributed by atoms with Crippen LogP contribution in [-0.2, 0) is 9.48 Å². The SMILES string of the molecule is CCOC(=N)NC(=O)c1ccc(C2=NSC(c3cc(Cl)cc(Cl)c3)(C(F)(F)F)C2)cc1C. The molecule has 0 bridgehead atoms. The number of rotatable bonds is 4. The van der Waals surface area contributed by atoms with Crippen molar-refractivity contribution in [3.05, 3.63) is 68.7 Å². The van der Waals surface area contributed by atoms with Crippen LogP contribution in [0.5, 0.6) is 0 Å². The van der Waals surface area contributed by atoms with Crippen molar-refractivity contribution in [2.24, 2.45) is 4.40 Å². The summed E-state index contributed by atoms with van der Waals surface area (Å²) < 4.78 is 49.4. The van der Waals surface area contributed by atoms with Crippen molar-refractivity contribution in [1.82, 2.24) is 5.32 Å². The molecule has 5 nitrogen and oxygen atoms in total. The van der Waals surface area contributed by atoms with E-state index < -0.39 is 23.3 Å². The molecule has 170 valence electrons. The molecule has 32 heavy (non-hydrogen) atoms. The maximum Gasteiger partial charge on any atom is 0.409 e. The molecule has 0 spiro atoms. The van der Waals surface area contributed by atoms with Gasteiger partial charge in [0.05, 0.1) is 12.3 Å². The molecular weight excluding hydrogens is 486 g/mol. The molecule has 0 saturated heterocycles. The molecule has 2 aromatic rings. The Morgan fingerprint density at radius 1 is 1.25 bits per heavy atom. The fourth-order valence-electron chi connectivity index (χ4n) is 3.29. The van der Waals surface area contributed by atoms with Gasteiger partial charge in [0.15, 0.2) is 4.75 Å². The van der Waals surface area contributed by atoms with Gasteiger partial charge in [0.2, 0.25) is 0 Å². The van der Waals surface area contributed by atoms with Crippen molar-refractivity contribution in [2.45, 2.75) is 31.2 Å². The van der Waals surface area contributed by atoms with Crippen LogP contribution in [0.25, 0.3) is 0 Å². The summed E-state index contributed by atoms with van der Waals surface area (Å²) in [6, 6.07) is 8.09. The predicted molar refractivity (Wildman–Crippen MR) is 121 cm³/mol. The van der Waals surface area contributed by atoms with Crippen molar-refractivity contribution in [3.63, 3.8) is 0 Å². The van der Waals surface area contributed by atoms with Gasteiger partial charge >= 0.3 is 6.18 Å². The van der Waals surface area contributed by atoms with E-state index in [9.17, 15) is 18.0 Å². The van der Waals surface area contributed by atoms with Crippen molar-refractivity contribution in [3.8, 4) is 0 Å². The molecule has 2 aromatic carbocycles. The topological polar surface area (TPSA) is 74.5 Å². The summed E-state index contributed by atoms with van der Waals surface area (Å²) in [5.74, 6) is -0.548. The molecule has 0 saturated carbocycles. The predicted octanol–water partition coefficient (Wildman–Crippen LogP) is 6.30. The van der Waals surface area contributed by atoms with Gasteiger partial charge in [0.1, 0.15) is 0 Å². The van der Waals surface area contributed by atoms with Crippen LogP contribution >= 0.6 is 35.1 Å². The number of hydrogen-bond donors (Lipinski definition) is 2. The smallest absolute Gasteiger partial charge is 0.409 e. The number of nitrogens with one attached hydrogen (secondary N) is 2.